The van der Waals surface area contributed by atoms with Crippen LogP contribution < -0.4 is 5.32 Å². The number of amides is 1. The molecule has 0 aliphatic carbocycles. The lowest BCUT2D eigenvalue weighted by Crippen LogP contribution is -2.24. The maximum atomic E-state index is 11.8. The highest BCUT2D eigenvalue weighted by Crippen LogP contribution is 2.11. The Labute approximate surface area is 119 Å². The number of hydrogen-bond donors (Lipinski definition) is 1. The molecule has 0 saturated heterocycles. The molecule has 0 fully saturated rings. The summed E-state index contributed by atoms with van der Waals surface area (Å²) in [5, 5.41) is 3.37. The van der Waals surface area contributed by atoms with Gasteiger partial charge in [0.15, 0.2) is 0 Å². The van der Waals surface area contributed by atoms with Crippen molar-refractivity contribution in [3.8, 4) is 0 Å². The third-order valence-electron chi connectivity index (χ3n) is 2.69. The van der Waals surface area contributed by atoms with Crippen LogP contribution in [0, 0.1) is 0 Å². The first-order valence-corrected chi connectivity index (χ1v) is 6.27. The number of halogens is 1. The van der Waals surface area contributed by atoms with Crippen molar-refractivity contribution in [2.75, 3.05) is 0 Å². The summed E-state index contributed by atoms with van der Waals surface area (Å²) in [6, 6.07) is 3.59. The minimum absolute atomic E-state index is 0.277. The fourth-order valence-corrected chi connectivity index (χ4v) is 1.95. The summed E-state index contributed by atoms with van der Waals surface area (Å²) in [6.07, 6.45) is 7.99. The molecule has 0 atom stereocenters. The molecule has 1 amide bonds. The van der Waals surface area contributed by atoms with Crippen molar-refractivity contribution >= 4 is 23.2 Å². The smallest absolute Gasteiger partial charge is 0.271 e. The second-order valence-corrected chi connectivity index (χ2v) is 4.55. The Hall–Kier alpha value is -2.47. The fraction of sp³-hybridized carbons (Fsp3) is 0.0769. The molecule has 7 heteroatoms. The van der Waals surface area contributed by atoms with Gasteiger partial charge in [-0.05, 0) is 12.1 Å². The Morgan fingerprint density at radius 3 is 3.00 bits per heavy atom. The summed E-state index contributed by atoms with van der Waals surface area (Å²) < 4.78 is 1.81. The first-order valence-electron chi connectivity index (χ1n) is 5.90. The van der Waals surface area contributed by atoms with E-state index in [0.717, 1.165) is 11.3 Å². The Kier molecular flexibility index (Phi) is 3.30. The van der Waals surface area contributed by atoms with Gasteiger partial charge in [0.2, 0.25) is 0 Å². The van der Waals surface area contributed by atoms with Gasteiger partial charge in [-0.1, -0.05) is 11.6 Å². The largest absolute Gasteiger partial charge is 0.345 e. The van der Waals surface area contributed by atoms with E-state index in [-0.39, 0.29) is 11.6 Å². The summed E-state index contributed by atoms with van der Waals surface area (Å²) in [5.41, 5.74) is 1.79. The second-order valence-electron chi connectivity index (χ2n) is 4.12. The standard InChI is InChI=1S/C13H10ClN5O/c14-9-1-2-12-18-10(8-19(12)7-9)5-17-13(20)11-6-15-3-4-16-11/h1-4,6-8H,5H2,(H,17,20). The summed E-state index contributed by atoms with van der Waals surface area (Å²) in [4.78, 5) is 24.0. The van der Waals surface area contributed by atoms with Crippen molar-refractivity contribution in [2.45, 2.75) is 6.54 Å². The molecule has 0 saturated carbocycles. The zero-order valence-electron chi connectivity index (χ0n) is 10.3. The van der Waals surface area contributed by atoms with Gasteiger partial charge < -0.3 is 9.72 Å². The lowest BCUT2D eigenvalue weighted by molar-refractivity contribution is 0.0945. The van der Waals surface area contributed by atoms with Crippen molar-refractivity contribution in [1.29, 1.82) is 0 Å². The number of imidazole rings is 1. The predicted octanol–water partition coefficient (Wildman–Crippen LogP) is 1.71. The van der Waals surface area contributed by atoms with Gasteiger partial charge in [-0.3, -0.25) is 9.78 Å². The molecule has 3 aromatic rings. The van der Waals surface area contributed by atoms with Crippen LogP contribution in [0.2, 0.25) is 5.02 Å². The zero-order chi connectivity index (χ0) is 13.9. The highest BCUT2D eigenvalue weighted by molar-refractivity contribution is 6.30. The maximum absolute atomic E-state index is 11.8. The summed E-state index contributed by atoms with van der Waals surface area (Å²) in [7, 11) is 0. The van der Waals surface area contributed by atoms with Gasteiger partial charge in [0.05, 0.1) is 23.5 Å². The molecule has 0 radical (unpaired) electrons. The van der Waals surface area contributed by atoms with E-state index >= 15 is 0 Å². The molecule has 0 spiro atoms. The van der Waals surface area contributed by atoms with Crippen LogP contribution in [-0.4, -0.2) is 25.3 Å². The Bertz CT molecular complexity index is 756. The Balaban J connectivity index is 1.72. The third kappa shape index (κ3) is 2.60. The Morgan fingerprint density at radius 2 is 2.20 bits per heavy atom. The number of nitrogens with one attached hydrogen (secondary N) is 1. The van der Waals surface area contributed by atoms with E-state index in [1.54, 1.807) is 12.3 Å². The predicted molar refractivity (Wildman–Crippen MR) is 73.4 cm³/mol. The van der Waals surface area contributed by atoms with E-state index in [2.05, 4.69) is 20.3 Å². The average Bonchev–Trinajstić information content (AvgIpc) is 2.87. The molecular formula is C13H10ClN5O. The molecule has 3 aromatic heterocycles. The van der Waals surface area contributed by atoms with Gasteiger partial charge >= 0.3 is 0 Å². The van der Waals surface area contributed by atoms with Gasteiger partial charge in [-0.25, -0.2) is 9.97 Å². The fourth-order valence-electron chi connectivity index (χ4n) is 1.78. The van der Waals surface area contributed by atoms with Crippen molar-refractivity contribution < 1.29 is 4.79 Å². The van der Waals surface area contributed by atoms with Gasteiger partial charge in [-0.2, -0.15) is 0 Å². The molecule has 100 valence electrons. The monoisotopic (exact) mass is 287 g/mol. The van der Waals surface area contributed by atoms with E-state index < -0.39 is 0 Å². The molecule has 1 N–H and O–H groups in total. The molecule has 3 rings (SSSR count). The van der Waals surface area contributed by atoms with Gasteiger partial charge in [0, 0.05) is 24.8 Å². The summed E-state index contributed by atoms with van der Waals surface area (Å²) in [6.45, 7) is 0.314. The van der Waals surface area contributed by atoms with Crippen molar-refractivity contribution in [3.05, 3.63) is 59.5 Å². The molecule has 20 heavy (non-hydrogen) atoms. The lowest BCUT2D eigenvalue weighted by atomic mass is 10.4. The number of carbonyl (C=O) groups is 1. The SMILES string of the molecule is O=C(NCc1cn2cc(Cl)ccc2n1)c1cnccn1. The lowest BCUT2D eigenvalue weighted by Gasteiger charge is -2.01. The minimum atomic E-state index is -0.284. The number of pyridine rings is 1. The van der Waals surface area contributed by atoms with Gasteiger partial charge in [0.1, 0.15) is 11.3 Å². The third-order valence-corrected chi connectivity index (χ3v) is 2.91. The minimum Gasteiger partial charge on any atom is -0.345 e. The molecular weight excluding hydrogens is 278 g/mol. The molecule has 0 aromatic carbocycles. The van der Waals surface area contributed by atoms with Crippen molar-refractivity contribution in [1.82, 2.24) is 24.7 Å². The zero-order valence-corrected chi connectivity index (χ0v) is 11.1. The highest BCUT2D eigenvalue weighted by atomic mass is 35.5. The van der Waals surface area contributed by atoms with Gasteiger partial charge in [-0.15, -0.1) is 0 Å². The quantitative estimate of drug-likeness (QED) is 0.796. The van der Waals surface area contributed by atoms with Crippen LogP contribution in [0.5, 0.6) is 0 Å². The van der Waals surface area contributed by atoms with E-state index in [9.17, 15) is 4.79 Å². The summed E-state index contributed by atoms with van der Waals surface area (Å²) in [5.74, 6) is -0.284. The first-order chi connectivity index (χ1) is 9.72. The Morgan fingerprint density at radius 1 is 1.30 bits per heavy atom. The molecule has 0 aliphatic heterocycles. The van der Waals surface area contributed by atoms with E-state index in [4.69, 9.17) is 11.6 Å². The van der Waals surface area contributed by atoms with Crippen LogP contribution in [0.3, 0.4) is 0 Å². The number of fused-ring (bicyclic) bond motifs is 1. The number of carbonyl (C=O) groups excluding carboxylic acids is 1. The average molecular weight is 288 g/mol. The van der Waals surface area contributed by atoms with Crippen LogP contribution in [-0.2, 0) is 6.54 Å². The van der Waals surface area contributed by atoms with Crippen molar-refractivity contribution in [3.63, 3.8) is 0 Å². The highest BCUT2D eigenvalue weighted by Gasteiger charge is 2.08. The number of hydrogen-bond acceptors (Lipinski definition) is 4. The van der Waals surface area contributed by atoms with E-state index in [1.165, 1.54) is 18.6 Å². The maximum Gasteiger partial charge on any atom is 0.271 e. The molecule has 0 unspecified atom stereocenters. The van der Waals surface area contributed by atoms with Crippen molar-refractivity contribution in [2.24, 2.45) is 0 Å². The molecule has 3 heterocycles. The molecule has 0 bridgehead atoms. The topological polar surface area (TPSA) is 72.2 Å². The van der Waals surface area contributed by atoms with E-state index in [0.29, 0.717) is 11.6 Å². The van der Waals surface area contributed by atoms with Gasteiger partial charge in [0.25, 0.3) is 5.91 Å². The number of nitrogens with zero attached hydrogens (tertiary/aromatic N) is 4. The second kappa shape index (κ2) is 5.26. The summed E-state index contributed by atoms with van der Waals surface area (Å²) >= 11 is 5.90. The molecule has 0 aliphatic rings. The van der Waals surface area contributed by atoms with Crippen LogP contribution in [0.4, 0.5) is 0 Å². The first kappa shape index (κ1) is 12.6. The van der Waals surface area contributed by atoms with Crippen LogP contribution in [0.15, 0.2) is 43.1 Å². The normalized spacial score (nSPS) is 10.7. The van der Waals surface area contributed by atoms with Crippen LogP contribution >= 0.6 is 11.6 Å². The molecule has 6 nitrogen and oxygen atoms in total. The van der Waals surface area contributed by atoms with E-state index in [1.807, 2.05) is 16.7 Å². The van der Waals surface area contributed by atoms with Crippen LogP contribution in [0.25, 0.3) is 5.65 Å². The number of rotatable bonds is 3. The number of aromatic nitrogens is 4. The van der Waals surface area contributed by atoms with Crippen LogP contribution in [0.1, 0.15) is 16.2 Å².